The van der Waals surface area contributed by atoms with Crippen molar-refractivity contribution in [3.05, 3.63) is 0 Å². The molecule has 1 amide bonds. The zero-order chi connectivity index (χ0) is 12.8. The standard InChI is InChI=1S/C12H23NO3/c1-9(2)12(3,4)8-13-10(14)6-5-7-11(15)16/h9H,5-8H2,1-4H3,(H,13,14)(H,15,16). The van der Waals surface area contributed by atoms with Crippen LogP contribution in [0.3, 0.4) is 0 Å². The quantitative estimate of drug-likeness (QED) is 0.702. The summed E-state index contributed by atoms with van der Waals surface area (Å²) in [4.78, 5) is 21.6. The maximum absolute atomic E-state index is 11.4. The molecule has 0 aromatic rings. The van der Waals surface area contributed by atoms with Gasteiger partial charge in [-0.25, -0.2) is 0 Å². The van der Waals surface area contributed by atoms with Crippen molar-refractivity contribution in [3.8, 4) is 0 Å². The predicted molar refractivity (Wildman–Crippen MR) is 63.1 cm³/mol. The van der Waals surface area contributed by atoms with Gasteiger partial charge in [0.25, 0.3) is 0 Å². The number of amides is 1. The predicted octanol–water partition coefficient (Wildman–Crippen LogP) is 2.04. The third-order valence-corrected chi connectivity index (χ3v) is 3.10. The highest BCUT2D eigenvalue weighted by Crippen LogP contribution is 2.24. The number of carbonyl (C=O) groups excluding carboxylic acids is 1. The molecule has 0 radical (unpaired) electrons. The first-order chi connectivity index (χ1) is 7.25. The zero-order valence-electron chi connectivity index (χ0n) is 10.7. The fraction of sp³-hybridized carbons (Fsp3) is 0.833. The number of carbonyl (C=O) groups is 2. The van der Waals surface area contributed by atoms with Crippen molar-refractivity contribution in [2.75, 3.05) is 6.54 Å². The van der Waals surface area contributed by atoms with Crippen LogP contribution in [0.15, 0.2) is 0 Å². The van der Waals surface area contributed by atoms with Gasteiger partial charge >= 0.3 is 5.97 Å². The van der Waals surface area contributed by atoms with Gasteiger partial charge in [-0.3, -0.25) is 9.59 Å². The highest BCUT2D eigenvalue weighted by molar-refractivity contribution is 5.76. The second kappa shape index (κ2) is 6.51. The molecule has 0 saturated carbocycles. The molecule has 0 aliphatic heterocycles. The summed E-state index contributed by atoms with van der Waals surface area (Å²) in [6.07, 6.45) is 0.755. The van der Waals surface area contributed by atoms with Crippen LogP contribution in [-0.2, 0) is 9.59 Å². The average Bonchev–Trinajstić information content (AvgIpc) is 2.14. The molecule has 0 saturated heterocycles. The third-order valence-electron chi connectivity index (χ3n) is 3.10. The minimum Gasteiger partial charge on any atom is -0.481 e. The molecule has 94 valence electrons. The number of hydrogen-bond acceptors (Lipinski definition) is 2. The van der Waals surface area contributed by atoms with Crippen molar-refractivity contribution in [2.24, 2.45) is 11.3 Å². The van der Waals surface area contributed by atoms with Crippen LogP contribution in [0.2, 0.25) is 0 Å². The van der Waals surface area contributed by atoms with Crippen LogP contribution in [0.1, 0.15) is 47.0 Å². The fourth-order valence-corrected chi connectivity index (χ4v) is 1.02. The molecular formula is C12H23NO3. The van der Waals surface area contributed by atoms with Crippen LogP contribution >= 0.6 is 0 Å². The Labute approximate surface area is 97.4 Å². The van der Waals surface area contributed by atoms with E-state index in [9.17, 15) is 9.59 Å². The molecule has 16 heavy (non-hydrogen) atoms. The number of aliphatic carboxylic acids is 1. The smallest absolute Gasteiger partial charge is 0.303 e. The van der Waals surface area contributed by atoms with Crippen LogP contribution in [0.5, 0.6) is 0 Å². The highest BCUT2D eigenvalue weighted by Gasteiger charge is 2.22. The van der Waals surface area contributed by atoms with Gasteiger partial charge in [0.1, 0.15) is 0 Å². The summed E-state index contributed by atoms with van der Waals surface area (Å²) < 4.78 is 0. The summed E-state index contributed by atoms with van der Waals surface area (Å²) in [5, 5.41) is 11.3. The number of rotatable bonds is 7. The largest absolute Gasteiger partial charge is 0.481 e. The normalized spacial score (nSPS) is 11.6. The first-order valence-corrected chi connectivity index (χ1v) is 5.74. The second-order valence-electron chi connectivity index (χ2n) is 5.17. The molecule has 0 unspecified atom stereocenters. The monoisotopic (exact) mass is 229 g/mol. The van der Waals surface area contributed by atoms with E-state index in [1.54, 1.807) is 0 Å². The van der Waals surface area contributed by atoms with Gasteiger partial charge in [0.2, 0.25) is 5.91 Å². The first-order valence-electron chi connectivity index (χ1n) is 5.74. The van der Waals surface area contributed by atoms with Gasteiger partial charge in [-0.1, -0.05) is 27.7 Å². The Morgan fingerprint density at radius 3 is 2.25 bits per heavy atom. The molecule has 0 spiro atoms. The molecule has 0 aromatic carbocycles. The molecule has 0 heterocycles. The van der Waals surface area contributed by atoms with Gasteiger partial charge in [0, 0.05) is 19.4 Å². The molecule has 0 fully saturated rings. The molecule has 4 heteroatoms. The van der Waals surface area contributed by atoms with Gasteiger partial charge < -0.3 is 10.4 Å². The van der Waals surface area contributed by atoms with E-state index in [4.69, 9.17) is 5.11 Å². The Kier molecular flexibility index (Phi) is 6.08. The van der Waals surface area contributed by atoms with Gasteiger partial charge in [-0.05, 0) is 17.8 Å². The second-order valence-corrected chi connectivity index (χ2v) is 5.17. The summed E-state index contributed by atoms with van der Waals surface area (Å²) in [7, 11) is 0. The van der Waals surface area contributed by atoms with E-state index in [-0.39, 0.29) is 17.7 Å². The van der Waals surface area contributed by atoms with Crippen molar-refractivity contribution in [1.29, 1.82) is 0 Å². The van der Waals surface area contributed by atoms with Crippen LogP contribution in [0.25, 0.3) is 0 Å². The van der Waals surface area contributed by atoms with Gasteiger partial charge in [0.05, 0.1) is 0 Å². The molecule has 4 nitrogen and oxygen atoms in total. The lowest BCUT2D eigenvalue weighted by Gasteiger charge is -2.29. The third kappa shape index (κ3) is 6.43. The van der Waals surface area contributed by atoms with Crippen molar-refractivity contribution in [1.82, 2.24) is 5.32 Å². The van der Waals surface area contributed by atoms with Crippen molar-refractivity contribution in [2.45, 2.75) is 47.0 Å². The number of hydrogen-bond donors (Lipinski definition) is 2. The Balaban J connectivity index is 3.77. The van der Waals surface area contributed by atoms with Gasteiger partial charge in [0.15, 0.2) is 0 Å². The van der Waals surface area contributed by atoms with Crippen molar-refractivity contribution in [3.63, 3.8) is 0 Å². The van der Waals surface area contributed by atoms with Crippen molar-refractivity contribution < 1.29 is 14.7 Å². The first kappa shape index (κ1) is 14.9. The Morgan fingerprint density at radius 1 is 1.25 bits per heavy atom. The van der Waals surface area contributed by atoms with E-state index >= 15 is 0 Å². The zero-order valence-corrected chi connectivity index (χ0v) is 10.7. The minimum absolute atomic E-state index is 0.0565. The van der Waals surface area contributed by atoms with E-state index in [0.29, 0.717) is 25.3 Å². The van der Waals surface area contributed by atoms with Crippen LogP contribution in [0.4, 0.5) is 0 Å². The van der Waals surface area contributed by atoms with E-state index in [1.807, 2.05) is 0 Å². The molecule has 0 atom stereocenters. The summed E-state index contributed by atoms with van der Waals surface area (Å²) in [6.45, 7) is 9.09. The van der Waals surface area contributed by atoms with Crippen LogP contribution in [-0.4, -0.2) is 23.5 Å². The molecule has 2 N–H and O–H groups in total. The van der Waals surface area contributed by atoms with Crippen LogP contribution in [0, 0.1) is 11.3 Å². The minimum atomic E-state index is -0.852. The number of carboxylic acid groups (broad SMARTS) is 1. The topological polar surface area (TPSA) is 66.4 Å². The Morgan fingerprint density at radius 2 is 1.81 bits per heavy atom. The molecule has 0 bridgehead atoms. The van der Waals surface area contributed by atoms with Gasteiger partial charge in [-0.15, -0.1) is 0 Å². The van der Waals surface area contributed by atoms with E-state index < -0.39 is 5.97 Å². The molecule has 0 aromatic heterocycles. The summed E-state index contributed by atoms with van der Waals surface area (Å²) in [5.41, 5.74) is 0.0719. The van der Waals surface area contributed by atoms with Crippen molar-refractivity contribution >= 4 is 11.9 Å². The Hall–Kier alpha value is -1.06. The summed E-state index contributed by atoms with van der Waals surface area (Å²) in [5.74, 6) is -0.419. The van der Waals surface area contributed by atoms with E-state index in [0.717, 1.165) is 0 Å². The molecule has 0 aliphatic carbocycles. The molecule has 0 rings (SSSR count). The number of nitrogens with one attached hydrogen (secondary N) is 1. The molecular weight excluding hydrogens is 206 g/mol. The molecule has 0 aliphatic rings. The maximum atomic E-state index is 11.4. The van der Waals surface area contributed by atoms with E-state index in [2.05, 4.69) is 33.0 Å². The fourth-order valence-electron chi connectivity index (χ4n) is 1.02. The van der Waals surface area contributed by atoms with E-state index in [1.165, 1.54) is 0 Å². The lowest BCUT2D eigenvalue weighted by molar-refractivity contribution is -0.137. The van der Waals surface area contributed by atoms with Crippen LogP contribution < -0.4 is 5.32 Å². The average molecular weight is 229 g/mol. The lowest BCUT2D eigenvalue weighted by Crippen LogP contribution is -2.36. The summed E-state index contributed by atoms with van der Waals surface area (Å²) in [6, 6.07) is 0. The SMILES string of the molecule is CC(C)C(C)(C)CNC(=O)CCCC(=O)O. The lowest BCUT2D eigenvalue weighted by atomic mass is 9.81. The van der Waals surface area contributed by atoms with Gasteiger partial charge in [-0.2, -0.15) is 0 Å². The highest BCUT2D eigenvalue weighted by atomic mass is 16.4. The number of carboxylic acids is 1. The summed E-state index contributed by atoms with van der Waals surface area (Å²) >= 11 is 0. The Bertz CT molecular complexity index is 247. The maximum Gasteiger partial charge on any atom is 0.303 e.